The summed E-state index contributed by atoms with van der Waals surface area (Å²) in [4.78, 5) is 8.37. The van der Waals surface area contributed by atoms with Crippen LogP contribution in [0.25, 0.3) is 0 Å². The monoisotopic (exact) mass is 229 g/mol. The van der Waals surface area contributed by atoms with Gasteiger partial charge in [0.2, 0.25) is 0 Å². The van der Waals surface area contributed by atoms with Crippen LogP contribution in [-0.2, 0) is 6.54 Å². The van der Waals surface area contributed by atoms with Gasteiger partial charge in [-0.2, -0.15) is 0 Å². The van der Waals surface area contributed by atoms with Crippen molar-refractivity contribution in [1.29, 1.82) is 0 Å². The van der Waals surface area contributed by atoms with Crippen molar-refractivity contribution in [1.82, 2.24) is 9.97 Å². The van der Waals surface area contributed by atoms with E-state index in [0.29, 0.717) is 12.3 Å². The Balaban J connectivity index is 2.25. The molecule has 0 aliphatic carbocycles. The molecule has 0 unspecified atom stereocenters. The van der Waals surface area contributed by atoms with E-state index in [0.717, 1.165) is 22.8 Å². The Labute approximate surface area is 100 Å². The van der Waals surface area contributed by atoms with Gasteiger partial charge in [0.25, 0.3) is 0 Å². The molecule has 0 spiro atoms. The fraction of sp³-hybridized carbons (Fsp3) is 0.231. The largest absolute Gasteiger partial charge is 0.454 e. The molecule has 1 heterocycles. The van der Waals surface area contributed by atoms with E-state index in [1.807, 2.05) is 38.1 Å². The summed E-state index contributed by atoms with van der Waals surface area (Å²) in [6, 6.07) is 7.69. The SMILES string of the molecule is Cc1ncc(Oc2cccc(CN)c2)c(C)n1. The molecule has 0 atom stereocenters. The first-order valence-corrected chi connectivity index (χ1v) is 5.46. The molecule has 1 aromatic heterocycles. The zero-order valence-corrected chi connectivity index (χ0v) is 9.97. The van der Waals surface area contributed by atoms with E-state index < -0.39 is 0 Å². The fourth-order valence-electron chi connectivity index (χ4n) is 1.54. The minimum atomic E-state index is 0.501. The van der Waals surface area contributed by atoms with Crippen LogP contribution in [0, 0.1) is 13.8 Å². The predicted octanol–water partition coefficient (Wildman–Crippen LogP) is 2.34. The zero-order valence-electron chi connectivity index (χ0n) is 9.97. The van der Waals surface area contributed by atoms with Gasteiger partial charge in [0.15, 0.2) is 5.75 Å². The van der Waals surface area contributed by atoms with E-state index in [-0.39, 0.29) is 0 Å². The Kier molecular flexibility index (Phi) is 3.35. The maximum atomic E-state index is 5.73. The number of rotatable bonds is 3. The second-order valence-corrected chi connectivity index (χ2v) is 3.82. The molecule has 0 saturated carbocycles. The van der Waals surface area contributed by atoms with Gasteiger partial charge in [0.05, 0.1) is 11.9 Å². The van der Waals surface area contributed by atoms with E-state index in [1.165, 1.54) is 0 Å². The van der Waals surface area contributed by atoms with Gasteiger partial charge in [-0.25, -0.2) is 9.97 Å². The van der Waals surface area contributed by atoms with E-state index in [9.17, 15) is 0 Å². The van der Waals surface area contributed by atoms with E-state index in [1.54, 1.807) is 6.20 Å². The molecule has 0 radical (unpaired) electrons. The summed E-state index contributed by atoms with van der Waals surface area (Å²) in [5, 5.41) is 0. The lowest BCUT2D eigenvalue weighted by molar-refractivity contribution is 0.471. The number of aryl methyl sites for hydroxylation is 2. The molecule has 0 bridgehead atoms. The van der Waals surface area contributed by atoms with Gasteiger partial charge in [0.1, 0.15) is 11.6 Å². The molecule has 1 aromatic carbocycles. The van der Waals surface area contributed by atoms with Crippen molar-refractivity contribution in [2.45, 2.75) is 20.4 Å². The number of aromatic nitrogens is 2. The maximum absolute atomic E-state index is 5.73. The van der Waals surface area contributed by atoms with Crippen molar-refractivity contribution >= 4 is 0 Å². The first-order chi connectivity index (χ1) is 8.19. The van der Waals surface area contributed by atoms with Crippen LogP contribution in [-0.4, -0.2) is 9.97 Å². The summed E-state index contributed by atoms with van der Waals surface area (Å²) in [6.45, 7) is 4.25. The lowest BCUT2D eigenvalue weighted by atomic mass is 10.2. The zero-order chi connectivity index (χ0) is 12.3. The molecule has 88 valence electrons. The van der Waals surface area contributed by atoms with Crippen LogP contribution in [0.1, 0.15) is 17.1 Å². The number of nitrogens with zero attached hydrogens (tertiary/aromatic N) is 2. The average Bonchev–Trinajstić information content (AvgIpc) is 2.33. The normalized spacial score (nSPS) is 10.3. The van der Waals surface area contributed by atoms with Crippen LogP contribution in [0.4, 0.5) is 0 Å². The van der Waals surface area contributed by atoms with E-state index in [2.05, 4.69) is 9.97 Å². The van der Waals surface area contributed by atoms with Crippen LogP contribution in [0.5, 0.6) is 11.5 Å². The Morgan fingerprint density at radius 3 is 2.82 bits per heavy atom. The van der Waals surface area contributed by atoms with Gasteiger partial charge in [-0.1, -0.05) is 12.1 Å². The highest BCUT2D eigenvalue weighted by Gasteiger charge is 2.04. The summed E-state index contributed by atoms with van der Waals surface area (Å²) in [5.41, 5.74) is 7.45. The van der Waals surface area contributed by atoms with E-state index >= 15 is 0 Å². The van der Waals surface area contributed by atoms with Gasteiger partial charge < -0.3 is 10.5 Å². The third-order valence-electron chi connectivity index (χ3n) is 2.42. The highest BCUT2D eigenvalue weighted by molar-refractivity contribution is 5.34. The molecular weight excluding hydrogens is 214 g/mol. The summed E-state index contributed by atoms with van der Waals surface area (Å²) >= 11 is 0. The molecule has 0 aliphatic rings. The number of hydrogen-bond donors (Lipinski definition) is 1. The number of nitrogens with two attached hydrogens (primary N) is 1. The van der Waals surface area contributed by atoms with Crippen LogP contribution < -0.4 is 10.5 Å². The molecule has 0 saturated heterocycles. The molecule has 0 amide bonds. The van der Waals surface area contributed by atoms with Crippen molar-refractivity contribution in [3.05, 3.63) is 47.5 Å². The van der Waals surface area contributed by atoms with Crippen molar-refractivity contribution in [2.75, 3.05) is 0 Å². The smallest absolute Gasteiger partial charge is 0.166 e. The average molecular weight is 229 g/mol. The minimum Gasteiger partial charge on any atom is -0.454 e. The maximum Gasteiger partial charge on any atom is 0.166 e. The summed E-state index contributed by atoms with van der Waals surface area (Å²) in [5.74, 6) is 2.17. The molecule has 2 N–H and O–H groups in total. The summed E-state index contributed by atoms with van der Waals surface area (Å²) in [6.07, 6.45) is 1.69. The third kappa shape index (κ3) is 2.79. The topological polar surface area (TPSA) is 61.0 Å². The van der Waals surface area contributed by atoms with Crippen molar-refractivity contribution in [2.24, 2.45) is 5.73 Å². The highest BCUT2D eigenvalue weighted by atomic mass is 16.5. The van der Waals surface area contributed by atoms with Crippen molar-refractivity contribution in [3.63, 3.8) is 0 Å². The second kappa shape index (κ2) is 4.93. The summed E-state index contributed by atoms with van der Waals surface area (Å²) in [7, 11) is 0. The standard InChI is InChI=1S/C13H15N3O/c1-9-13(8-15-10(2)16-9)17-12-5-3-4-11(6-12)7-14/h3-6,8H,7,14H2,1-2H3. The van der Waals surface area contributed by atoms with Gasteiger partial charge in [-0.05, 0) is 31.5 Å². The number of benzene rings is 1. The van der Waals surface area contributed by atoms with Gasteiger partial charge >= 0.3 is 0 Å². The lowest BCUT2D eigenvalue weighted by Crippen LogP contribution is -1.98. The molecular formula is C13H15N3O. The quantitative estimate of drug-likeness (QED) is 0.877. The van der Waals surface area contributed by atoms with Crippen LogP contribution in [0.3, 0.4) is 0 Å². The number of hydrogen-bond acceptors (Lipinski definition) is 4. The van der Waals surface area contributed by atoms with E-state index in [4.69, 9.17) is 10.5 Å². The Morgan fingerprint density at radius 2 is 2.12 bits per heavy atom. The van der Waals surface area contributed by atoms with Crippen molar-refractivity contribution in [3.8, 4) is 11.5 Å². The minimum absolute atomic E-state index is 0.501. The van der Waals surface area contributed by atoms with Gasteiger partial charge in [0, 0.05) is 6.54 Å². The predicted molar refractivity (Wildman–Crippen MR) is 65.9 cm³/mol. The second-order valence-electron chi connectivity index (χ2n) is 3.82. The van der Waals surface area contributed by atoms with Crippen LogP contribution >= 0.6 is 0 Å². The highest BCUT2D eigenvalue weighted by Crippen LogP contribution is 2.23. The first-order valence-electron chi connectivity index (χ1n) is 5.46. The Bertz CT molecular complexity index is 526. The first kappa shape index (κ1) is 11.5. The molecule has 4 nitrogen and oxygen atoms in total. The van der Waals surface area contributed by atoms with Crippen molar-refractivity contribution < 1.29 is 4.74 Å². The molecule has 0 aliphatic heterocycles. The summed E-state index contributed by atoms with van der Waals surface area (Å²) < 4.78 is 5.73. The van der Waals surface area contributed by atoms with Crippen LogP contribution in [0.2, 0.25) is 0 Å². The van der Waals surface area contributed by atoms with Gasteiger partial charge in [-0.3, -0.25) is 0 Å². The lowest BCUT2D eigenvalue weighted by Gasteiger charge is -2.08. The van der Waals surface area contributed by atoms with Crippen LogP contribution in [0.15, 0.2) is 30.5 Å². The molecule has 4 heteroatoms. The molecule has 2 aromatic rings. The van der Waals surface area contributed by atoms with Gasteiger partial charge in [-0.15, -0.1) is 0 Å². The molecule has 17 heavy (non-hydrogen) atoms. The molecule has 0 fully saturated rings. The molecule has 2 rings (SSSR count). The Hall–Kier alpha value is -1.94. The third-order valence-corrected chi connectivity index (χ3v) is 2.42. The Morgan fingerprint density at radius 1 is 1.29 bits per heavy atom. The fourth-order valence-corrected chi connectivity index (χ4v) is 1.54. The number of ether oxygens (including phenoxy) is 1.